The van der Waals surface area contributed by atoms with E-state index < -0.39 is 0 Å². The second kappa shape index (κ2) is 8.76. The van der Waals surface area contributed by atoms with Crippen molar-refractivity contribution in [1.82, 2.24) is 14.0 Å². The van der Waals surface area contributed by atoms with Crippen molar-refractivity contribution in [2.24, 2.45) is 5.92 Å². The van der Waals surface area contributed by atoms with Crippen LogP contribution >= 0.6 is 12.2 Å². The summed E-state index contributed by atoms with van der Waals surface area (Å²) in [6, 6.07) is 17.5. The monoisotopic (exact) mass is 407 g/mol. The number of nitrogens with zero attached hydrogens (tertiary/aromatic N) is 3. The normalized spacial score (nSPS) is 15.3. The first-order valence-corrected chi connectivity index (χ1v) is 10.3. The van der Waals surface area contributed by atoms with Gasteiger partial charge < -0.3 is 9.30 Å². The highest BCUT2D eigenvalue weighted by atomic mass is 32.1. The van der Waals surface area contributed by atoms with Crippen molar-refractivity contribution in [3.8, 4) is 11.4 Å². The number of methoxy groups -OCH3 is 1. The molecule has 0 N–H and O–H groups in total. The molecule has 1 aliphatic rings. The van der Waals surface area contributed by atoms with E-state index in [1.54, 1.807) is 7.11 Å². The number of carbonyl (C=O) groups is 1. The third-order valence-corrected chi connectivity index (χ3v) is 6.00. The molecule has 3 aromatic rings. The number of imidazole rings is 1. The average molecular weight is 408 g/mol. The van der Waals surface area contributed by atoms with Gasteiger partial charge in [0, 0.05) is 42.7 Å². The number of hydrogen-bond acceptors (Lipinski definition) is 4. The minimum Gasteiger partial charge on any atom is -0.497 e. The number of ether oxygens (including phenoxy) is 1. The molecule has 0 radical (unpaired) electrons. The Hall–Kier alpha value is -2.70. The van der Waals surface area contributed by atoms with Crippen molar-refractivity contribution in [2.45, 2.75) is 19.5 Å². The maximum Gasteiger partial charge on any atom is 0.185 e. The molecule has 1 aromatic heterocycles. The molecule has 1 saturated heterocycles. The lowest BCUT2D eigenvalue weighted by molar-refractivity contribution is 0.0810. The van der Waals surface area contributed by atoms with Gasteiger partial charge in [0.1, 0.15) is 5.75 Å². The quantitative estimate of drug-likeness (QED) is 0.443. The highest BCUT2D eigenvalue weighted by Crippen LogP contribution is 2.22. The molecule has 2 aromatic carbocycles. The molecule has 0 spiro atoms. The Kier molecular flexibility index (Phi) is 5.92. The fourth-order valence-corrected chi connectivity index (χ4v) is 4.14. The molecule has 0 atom stereocenters. The number of benzene rings is 2. The van der Waals surface area contributed by atoms with Crippen molar-refractivity contribution >= 4 is 18.0 Å². The zero-order chi connectivity index (χ0) is 20.2. The zero-order valence-corrected chi connectivity index (χ0v) is 17.3. The van der Waals surface area contributed by atoms with Crippen molar-refractivity contribution in [2.75, 3.05) is 20.2 Å². The predicted octanol–water partition coefficient (Wildman–Crippen LogP) is 4.57. The standard InChI is InChI=1S/C23H25N3O2S/c1-28-21-9-7-20(8-10-21)26-16-15-25(23(26)29)17-24-13-11-19(12-14-24)22(27)18-5-3-2-4-6-18/h2-10,15-16,19H,11-14,17H2,1H3. The lowest BCUT2D eigenvalue weighted by Gasteiger charge is -2.31. The molecule has 150 valence electrons. The summed E-state index contributed by atoms with van der Waals surface area (Å²) in [5.41, 5.74) is 1.84. The maximum absolute atomic E-state index is 12.7. The summed E-state index contributed by atoms with van der Waals surface area (Å²) in [7, 11) is 1.66. The van der Waals surface area contributed by atoms with Crippen LogP contribution in [-0.4, -0.2) is 40.0 Å². The van der Waals surface area contributed by atoms with Crippen LogP contribution in [0.2, 0.25) is 0 Å². The van der Waals surface area contributed by atoms with Gasteiger partial charge in [-0.05, 0) is 49.3 Å². The molecule has 2 heterocycles. The van der Waals surface area contributed by atoms with E-state index in [4.69, 9.17) is 17.0 Å². The first-order chi connectivity index (χ1) is 14.2. The summed E-state index contributed by atoms with van der Waals surface area (Å²) in [6.07, 6.45) is 5.80. The molecule has 29 heavy (non-hydrogen) atoms. The van der Waals surface area contributed by atoms with Crippen molar-refractivity contribution in [3.05, 3.63) is 77.3 Å². The number of Topliss-reactive ketones (excluding diaryl/α,β-unsaturated/α-hetero) is 1. The summed E-state index contributed by atoms with van der Waals surface area (Å²) < 4.78 is 10.1. The van der Waals surface area contributed by atoms with Crippen LogP contribution in [0.25, 0.3) is 5.69 Å². The van der Waals surface area contributed by atoms with E-state index in [2.05, 4.69) is 9.47 Å². The lowest BCUT2D eigenvalue weighted by atomic mass is 9.89. The number of hydrogen-bond donors (Lipinski definition) is 0. The van der Waals surface area contributed by atoms with Gasteiger partial charge in [0.2, 0.25) is 0 Å². The Balaban J connectivity index is 1.38. The van der Waals surface area contributed by atoms with Gasteiger partial charge in [-0.2, -0.15) is 0 Å². The zero-order valence-electron chi connectivity index (χ0n) is 16.5. The van der Waals surface area contributed by atoms with E-state index in [1.165, 1.54) is 0 Å². The van der Waals surface area contributed by atoms with Crippen LogP contribution in [0.4, 0.5) is 0 Å². The van der Waals surface area contributed by atoms with Crippen molar-refractivity contribution in [1.29, 1.82) is 0 Å². The molecule has 6 heteroatoms. The number of ketones is 1. The molecule has 0 amide bonds. The predicted molar refractivity (Wildman–Crippen MR) is 116 cm³/mol. The summed E-state index contributed by atoms with van der Waals surface area (Å²) in [4.78, 5) is 15.0. The molecule has 5 nitrogen and oxygen atoms in total. The molecule has 0 saturated carbocycles. The average Bonchev–Trinajstić information content (AvgIpc) is 3.14. The fourth-order valence-electron chi connectivity index (χ4n) is 3.85. The smallest absolute Gasteiger partial charge is 0.185 e. The largest absolute Gasteiger partial charge is 0.497 e. The van der Waals surface area contributed by atoms with Gasteiger partial charge in [0.05, 0.1) is 13.8 Å². The van der Waals surface area contributed by atoms with Gasteiger partial charge in [0.15, 0.2) is 10.6 Å². The SMILES string of the molecule is COc1ccc(-n2ccn(CN3CCC(C(=O)c4ccccc4)CC3)c2=S)cc1. The third-order valence-electron chi connectivity index (χ3n) is 5.57. The van der Waals surface area contributed by atoms with E-state index in [9.17, 15) is 4.79 Å². The lowest BCUT2D eigenvalue weighted by Crippen LogP contribution is -2.37. The minimum atomic E-state index is 0.116. The Morgan fingerprint density at radius 3 is 2.38 bits per heavy atom. The molecular weight excluding hydrogens is 382 g/mol. The van der Waals surface area contributed by atoms with E-state index in [0.717, 1.165) is 54.4 Å². The second-order valence-electron chi connectivity index (χ2n) is 7.38. The van der Waals surface area contributed by atoms with Gasteiger partial charge >= 0.3 is 0 Å². The number of aromatic nitrogens is 2. The van der Waals surface area contributed by atoms with Crippen molar-refractivity contribution < 1.29 is 9.53 Å². The first-order valence-electron chi connectivity index (χ1n) is 9.89. The summed E-state index contributed by atoms with van der Waals surface area (Å²) in [5.74, 6) is 1.21. The van der Waals surface area contributed by atoms with Crippen LogP contribution in [0.5, 0.6) is 5.75 Å². The highest BCUT2D eigenvalue weighted by Gasteiger charge is 2.25. The molecule has 0 unspecified atom stereocenters. The van der Waals surface area contributed by atoms with Crippen LogP contribution in [0.15, 0.2) is 67.0 Å². The van der Waals surface area contributed by atoms with Gasteiger partial charge in [-0.3, -0.25) is 14.3 Å². The van der Waals surface area contributed by atoms with Gasteiger partial charge in [-0.1, -0.05) is 30.3 Å². The van der Waals surface area contributed by atoms with E-state index in [1.807, 2.05) is 71.6 Å². The topological polar surface area (TPSA) is 39.4 Å². The Morgan fingerprint density at radius 2 is 1.72 bits per heavy atom. The van der Waals surface area contributed by atoms with Crippen LogP contribution in [-0.2, 0) is 6.67 Å². The van der Waals surface area contributed by atoms with E-state index in [0.29, 0.717) is 0 Å². The van der Waals surface area contributed by atoms with Crippen LogP contribution in [0.1, 0.15) is 23.2 Å². The second-order valence-corrected chi connectivity index (χ2v) is 7.75. The van der Waals surface area contributed by atoms with Gasteiger partial charge in [-0.25, -0.2) is 0 Å². The van der Waals surface area contributed by atoms with Crippen LogP contribution in [0.3, 0.4) is 0 Å². The first kappa shape index (κ1) is 19.6. The molecule has 0 aliphatic carbocycles. The molecule has 0 bridgehead atoms. The summed E-state index contributed by atoms with van der Waals surface area (Å²) in [5, 5.41) is 0. The molecular formula is C23H25N3O2S. The Morgan fingerprint density at radius 1 is 1.03 bits per heavy atom. The molecule has 4 rings (SSSR count). The number of rotatable bonds is 6. The van der Waals surface area contributed by atoms with Crippen LogP contribution in [0, 0.1) is 10.7 Å². The van der Waals surface area contributed by atoms with Gasteiger partial charge in [0.25, 0.3) is 0 Å². The molecule has 1 aliphatic heterocycles. The number of piperidine rings is 1. The fraction of sp³-hybridized carbons (Fsp3) is 0.304. The van der Waals surface area contributed by atoms with E-state index in [-0.39, 0.29) is 11.7 Å². The van der Waals surface area contributed by atoms with Crippen molar-refractivity contribution in [3.63, 3.8) is 0 Å². The number of likely N-dealkylation sites (tertiary alicyclic amines) is 1. The maximum atomic E-state index is 12.7. The summed E-state index contributed by atoms with van der Waals surface area (Å²) in [6.45, 7) is 2.55. The number of carbonyl (C=O) groups excluding carboxylic acids is 1. The molecule has 1 fully saturated rings. The Bertz CT molecular complexity index is 1020. The van der Waals surface area contributed by atoms with Gasteiger partial charge in [-0.15, -0.1) is 0 Å². The third kappa shape index (κ3) is 4.33. The minimum absolute atomic E-state index is 0.116. The van der Waals surface area contributed by atoms with E-state index >= 15 is 0 Å². The summed E-state index contributed by atoms with van der Waals surface area (Å²) >= 11 is 5.68. The highest BCUT2D eigenvalue weighted by molar-refractivity contribution is 7.71. The Labute approximate surface area is 176 Å². The van der Waals surface area contributed by atoms with Crippen LogP contribution < -0.4 is 4.74 Å².